The van der Waals surface area contributed by atoms with Crippen molar-refractivity contribution in [1.82, 2.24) is 20.1 Å². The topological polar surface area (TPSA) is 59.8 Å². The minimum absolute atomic E-state index is 0.0359. The van der Waals surface area contributed by atoms with E-state index >= 15 is 0 Å². The summed E-state index contributed by atoms with van der Waals surface area (Å²) < 4.78 is 16.2. The van der Waals surface area contributed by atoms with Crippen LogP contribution in [0.2, 0.25) is 0 Å². The second kappa shape index (κ2) is 8.23. The van der Waals surface area contributed by atoms with E-state index in [1.165, 1.54) is 30.7 Å². The third-order valence-corrected chi connectivity index (χ3v) is 7.02. The summed E-state index contributed by atoms with van der Waals surface area (Å²) in [5, 5.41) is 12.4. The number of rotatable bonds is 6. The van der Waals surface area contributed by atoms with E-state index < -0.39 is 0 Å². The standard InChI is InChI=1S/C21H27FN4OS/c1-13-6-5-9-18(14(13)2)23-19(27)12-28-21-25-24-20(26(21)15-10-11-15)16-7-3-4-8-17(16)22/h3-4,7-8,13-15,18H,5-6,9-12H2,1-2H3,(H,23,27). The summed E-state index contributed by atoms with van der Waals surface area (Å²) in [5.41, 5.74) is 0.461. The number of amides is 1. The molecule has 5 nitrogen and oxygen atoms in total. The predicted octanol–water partition coefficient (Wildman–Crippen LogP) is 4.45. The van der Waals surface area contributed by atoms with Gasteiger partial charge in [-0.05, 0) is 43.2 Å². The van der Waals surface area contributed by atoms with Crippen LogP contribution < -0.4 is 5.32 Å². The van der Waals surface area contributed by atoms with Crippen molar-refractivity contribution in [3.8, 4) is 11.4 Å². The second-order valence-corrected chi connectivity index (χ2v) is 9.06. The van der Waals surface area contributed by atoms with Crippen LogP contribution in [0.3, 0.4) is 0 Å². The van der Waals surface area contributed by atoms with Crippen LogP contribution in [0.5, 0.6) is 0 Å². The third-order valence-electron chi connectivity index (χ3n) is 6.08. The second-order valence-electron chi connectivity index (χ2n) is 8.12. The molecule has 1 aromatic carbocycles. The van der Waals surface area contributed by atoms with Gasteiger partial charge >= 0.3 is 0 Å². The van der Waals surface area contributed by atoms with Crippen LogP contribution in [0.25, 0.3) is 11.4 Å². The molecule has 3 atom stereocenters. The molecule has 0 aliphatic heterocycles. The lowest BCUT2D eigenvalue weighted by Crippen LogP contribution is -2.44. The molecule has 0 radical (unpaired) electrons. The molecule has 1 aromatic heterocycles. The van der Waals surface area contributed by atoms with E-state index in [-0.39, 0.29) is 17.8 Å². The molecular weight excluding hydrogens is 375 g/mol. The number of thioether (sulfide) groups is 1. The SMILES string of the molecule is CC1CCCC(NC(=O)CSc2nnc(-c3ccccc3F)n2C2CC2)C1C. The third kappa shape index (κ3) is 4.09. The molecule has 1 heterocycles. The highest BCUT2D eigenvalue weighted by Crippen LogP contribution is 2.41. The molecule has 1 N–H and O–H groups in total. The molecule has 2 saturated carbocycles. The van der Waals surface area contributed by atoms with E-state index in [0.717, 1.165) is 19.3 Å². The van der Waals surface area contributed by atoms with Gasteiger partial charge in [0, 0.05) is 12.1 Å². The molecule has 2 aliphatic carbocycles. The molecule has 3 unspecified atom stereocenters. The Balaban J connectivity index is 1.44. The van der Waals surface area contributed by atoms with Crippen LogP contribution in [0.1, 0.15) is 52.0 Å². The summed E-state index contributed by atoms with van der Waals surface area (Å²) in [6.45, 7) is 4.49. The molecule has 28 heavy (non-hydrogen) atoms. The summed E-state index contributed by atoms with van der Waals surface area (Å²) in [7, 11) is 0. The largest absolute Gasteiger partial charge is 0.352 e. The molecule has 4 rings (SSSR count). The Morgan fingerprint density at radius 3 is 2.75 bits per heavy atom. The van der Waals surface area contributed by atoms with Crippen molar-refractivity contribution in [3.05, 3.63) is 30.1 Å². The lowest BCUT2D eigenvalue weighted by molar-refractivity contribution is -0.120. The van der Waals surface area contributed by atoms with E-state index in [0.29, 0.717) is 40.2 Å². The molecule has 7 heteroatoms. The monoisotopic (exact) mass is 402 g/mol. The number of halogens is 1. The lowest BCUT2D eigenvalue weighted by Gasteiger charge is -2.34. The van der Waals surface area contributed by atoms with Crippen LogP contribution in [0.15, 0.2) is 29.4 Å². The first kappa shape index (κ1) is 19.4. The van der Waals surface area contributed by atoms with Gasteiger partial charge in [-0.3, -0.25) is 9.36 Å². The lowest BCUT2D eigenvalue weighted by atomic mass is 9.78. The molecule has 2 aliphatic rings. The maximum absolute atomic E-state index is 14.2. The van der Waals surface area contributed by atoms with Crippen LogP contribution in [-0.4, -0.2) is 32.5 Å². The Kier molecular flexibility index (Phi) is 5.71. The zero-order valence-electron chi connectivity index (χ0n) is 16.4. The maximum atomic E-state index is 14.2. The Morgan fingerprint density at radius 1 is 1.21 bits per heavy atom. The molecule has 1 amide bonds. The highest BCUT2D eigenvalue weighted by atomic mass is 32.2. The van der Waals surface area contributed by atoms with Gasteiger partial charge in [0.15, 0.2) is 11.0 Å². The molecule has 0 spiro atoms. The van der Waals surface area contributed by atoms with E-state index in [2.05, 4.69) is 29.4 Å². The fraction of sp³-hybridized carbons (Fsp3) is 0.571. The predicted molar refractivity (Wildman–Crippen MR) is 109 cm³/mol. The van der Waals surface area contributed by atoms with Gasteiger partial charge in [-0.1, -0.05) is 50.6 Å². The van der Waals surface area contributed by atoms with Crippen molar-refractivity contribution in [2.45, 2.75) is 63.2 Å². The van der Waals surface area contributed by atoms with E-state index in [9.17, 15) is 9.18 Å². The maximum Gasteiger partial charge on any atom is 0.230 e. The minimum Gasteiger partial charge on any atom is -0.352 e. The summed E-state index contributed by atoms with van der Waals surface area (Å²) in [6.07, 6.45) is 5.54. The van der Waals surface area contributed by atoms with Gasteiger partial charge in [0.2, 0.25) is 5.91 Å². The Hall–Kier alpha value is -1.89. The summed E-state index contributed by atoms with van der Waals surface area (Å²) in [6, 6.07) is 7.20. The van der Waals surface area contributed by atoms with Crippen molar-refractivity contribution < 1.29 is 9.18 Å². The van der Waals surface area contributed by atoms with E-state index in [1.54, 1.807) is 18.2 Å². The van der Waals surface area contributed by atoms with Crippen LogP contribution in [0.4, 0.5) is 4.39 Å². The molecule has 0 bridgehead atoms. The average molecular weight is 403 g/mol. The minimum atomic E-state index is -0.300. The van der Waals surface area contributed by atoms with Crippen molar-refractivity contribution in [2.24, 2.45) is 11.8 Å². The smallest absolute Gasteiger partial charge is 0.230 e. The van der Waals surface area contributed by atoms with Crippen LogP contribution in [0, 0.1) is 17.7 Å². The average Bonchev–Trinajstić information content (AvgIpc) is 3.44. The fourth-order valence-corrected chi connectivity index (χ4v) is 4.84. The number of nitrogens with one attached hydrogen (secondary N) is 1. The quantitative estimate of drug-likeness (QED) is 0.725. The number of hydrogen-bond acceptors (Lipinski definition) is 4. The van der Waals surface area contributed by atoms with Crippen molar-refractivity contribution in [1.29, 1.82) is 0 Å². The van der Waals surface area contributed by atoms with Crippen LogP contribution in [-0.2, 0) is 4.79 Å². The number of carbonyl (C=O) groups excluding carboxylic acids is 1. The van der Waals surface area contributed by atoms with E-state index in [4.69, 9.17) is 0 Å². The number of nitrogens with zero attached hydrogens (tertiary/aromatic N) is 3. The Labute approximate surface area is 169 Å². The Morgan fingerprint density at radius 2 is 2.00 bits per heavy atom. The van der Waals surface area contributed by atoms with Gasteiger partial charge in [0.1, 0.15) is 5.82 Å². The molecule has 2 fully saturated rings. The number of benzene rings is 1. The fourth-order valence-electron chi connectivity index (χ4n) is 4.03. The van der Waals surface area contributed by atoms with Gasteiger partial charge in [-0.15, -0.1) is 10.2 Å². The van der Waals surface area contributed by atoms with Crippen molar-refractivity contribution >= 4 is 17.7 Å². The summed E-state index contributed by atoms with van der Waals surface area (Å²) in [5.74, 6) is 1.75. The first-order valence-electron chi connectivity index (χ1n) is 10.2. The zero-order valence-corrected chi connectivity index (χ0v) is 17.2. The van der Waals surface area contributed by atoms with Crippen LogP contribution >= 0.6 is 11.8 Å². The molecular formula is C21H27FN4OS. The van der Waals surface area contributed by atoms with E-state index in [1.807, 2.05) is 4.57 Å². The van der Waals surface area contributed by atoms with Gasteiger partial charge in [0.05, 0.1) is 11.3 Å². The summed E-state index contributed by atoms with van der Waals surface area (Å²) in [4.78, 5) is 12.5. The van der Waals surface area contributed by atoms with Gasteiger partial charge in [0.25, 0.3) is 0 Å². The molecule has 0 saturated heterocycles. The normalized spacial score (nSPS) is 24.9. The van der Waals surface area contributed by atoms with Crippen molar-refractivity contribution in [3.63, 3.8) is 0 Å². The van der Waals surface area contributed by atoms with Crippen molar-refractivity contribution in [2.75, 3.05) is 5.75 Å². The van der Waals surface area contributed by atoms with Gasteiger partial charge in [-0.2, -0.15) is 0 Å². The van der Waals surface area contributed by atoms with Gasteiger partial charge in [-0.25, -0.2) is 4.39 Å². The Bertz CT molecular complexity index is 851. The molecule has 150 valence electrons. The zero-order chi connectivity index (χ0) is 19.7. The summed E-state index contributed by atoms with van der Waals surface area (Å²) >= 11 is 1.39. The number of carbonyl (C=O) groups is 1. The number of aromatic nitrogens is 3. The highest BCUT2D eigenvalue weighted by molar-refractivity contribution is 7.99. The first-order valence-corrected chi connectivity index (χ1v) is 11.1. The highest BCUT2D eigenvalue weighted by Gasteiger charge is 2.32. The number of hydrogen-bond donors (Lipinski definition) is 1. The first-order chi connectivity index (χ1) is 13.5. The molecule has 2 aromatic rings. The van der Waals surface area contributed by atoms with Gasteiger partial charge < -0.3 is 5.32 Å².